The molecule has 3 aromatic rings. The van der Waals surface area contributed by atoms with Crippen LogP contribution in [0.5, 0.6) is 0 Å². The van der Waals surface area contributed by atoms with Gasteiger partial charge in [-0.1, -0.05) is 42.5 Å². The molecule has 10 heteroatoms. The first-order valence-corrected chi connectivity index (χ1v) is 12.0. The van der Waals surface area contributed by atoms with Crippen molar-refractivity contribution in [2.75, 3.05) is 6.54 Å². The van der Waals surface area contributed by atoms with Gasteiger partial charge in [0.25, 0.3) is 5.91 Å². The maximum Gasteiger partial charge on any atom is 0.335 e. The third-order valence-electron chi connectivity index (χ3n) is 5.46. The Balaban J connectivity index is 1.36. The average molecular weight is 479 g/mol. The quantitative estimate of drug-likeness (QED) is 0.401. The lowest BCUT2D eigenvalue weighted by Gasteiger charge is -2.22. The Hall–Kier alpha value is -3.63. The van der Waals surface area contributed by atoms with Crippen molar-refractivity contribution in [3.63, 3.8) is 0 Å². The van der Waals surface area contributed by atoms with Crippen molar-refractivity contribution < 1.29 is 19.2 Å². The molecule has 2 aliphatic heterocycles. The standard InChI is InChI=1S/C23H18N4O4S2/c28-20(14-26-22(30)21(29)25(23(26)31)13-15-6-2-1-3-7-15)27-17(19-9-5-11-33-19)12-16(24-27)18-8-4-10-32-18/h1-11,17H,12-14H2/t17-/m1/s1. The SMILES string of the molecule is O=C1C(=O)N(Cc2ccccc2)C(=O)N1CC(=O)N1N=C(c2cccs2)C[C@@H]1c1cccs1. The molecule has 1 fully saturated rings. The molecular formula is C23H18N4O4S2. The fourth-order valence-corrected chi connectivity index (χ4v) is 5.37. The van der Waals surface area contributed by atoms with Gasteiger partial charge in [0.05, 0.1) is 23.2 Å². The van der Waals surface area contributed by atoms with Crippen LogP contribution in [-0.4, -0.2) is 50.8 Å². The molecule has 8 nitrogen and oxygen atoms in total. The predicted octanol–water partition coefficient (Wildman–Crippen LogP) is 3.48. The first kappa shape index (κ1) is 21.2. The Morgan fingerprint density at radius 3 is 2.33 bits per heavy atom. The van der Waals surface area contributed by atoms with Crippen LogP contribution in [0.25, 0.3) is 0 Å². The second-order valence-corrected chi connectivity index (χ2v) is 9.48. The third kappa shape index (κ3) is 3.98. The van der Waals surface area contributed by atoms with Crippen LogP contribution in [0.3, 0.4) is 0 Å². The second-order valence-electron chi connectivity index (χ2n) is 7.55. The molecule has 2 aromatic heterocycles. The van der Waals surface area contributed by atoms with E-state index in [1.54, 1.807) is 24.3 Å². The zero-order valence-electron chi connectivity index (χ0n) is 17.3. The molecule has 166 valence electrons. The van der Waals surface area contributed by atoms with E-state index in [1.807, 2.05) is 41.1 Å². The van der Waals surface area contributed by atoms with E-state index >= 15 is 0 Å². The highest BCUT2D eigenvalue weighted by Gasteiger charge is 2.46. The highest BCUT2D eigenvalue weighted by Crippen LogP contribution is 2.36. The van der Waals surface area contributed by atoms with Crippen molar-refractivity contribution in [1.29, 1.82) is 0 Å². The van der Waals surface area contributed by atoms with E-state index < -0.39 is 30.3 Å². The summed E-state index contributed by atoms with van der Waals surface area (Å²) < 4.78 is 0. The number of thiophene rings is 2. The summed E-state index contributed by atoms with van der Waals surface area (Å²) in [5.74, 6) is -2.45. The normalized spacial score (nSPS) is 18.4. The van der Waals surface area contributed by atoms with E-state index in [9.17, 15) is 19.2 Å². The number of nitrogens with zero attached hydrogens (tertiary/aromatic N) is 4. The minimum Gasteiger partial charge on any atom is -0.271 e. The van der Waals surface area contributed by atoms with Crippen LogP contribution in [0, 0.1) is 0 Å². The maximum absolute atomic E-state index is 13.2. The van der Waals surface area contributed by atoms with Gasteiger partial charge in [-0.3, -0.25) is 19.3 Å². The van der Waals surface area contributed by atoms with E-state index in [4.69, 9.17) is 0 Å². The third-order valence-corrected chi connectivity index (χ3v) is 7.35. The van der Waals surface area contributed by atoms with Crippen LogP contribution in [0.4, 0.5) is 4.79 Å². The Kier molecular flexibility index (Phi) is 5.61. The van der Waals surface area contributed by atoms with E-state index in [2.05, 4.69) is 5.10 Å². The molecular weight excluding hydrogens is 460 g/mol. The number of carbonyl (C=O) groups is 4. The molecule has 33 heavy (non-hydrogen) atoms. The molecule has 0 radical (unpaired) electrons. The Morgan fingerprint density at radius 2 is 1.64 bits per heavy atom. The van der Waals surface area contributed by atoms with E-state index in [0.29, 0.717) is 16.9 Å². The summed E-state index contributed by atoms with van der Waals surface area (Å²) in [6.45, 7) is -0.574. The lowest BCUT2D eigenvalue weighted by molar-refractivity contribution is -0.145. The van der Waals surface area contributed by atoms with E-state index in [0.717, 1.165) is 20.4 Å². The van der Waals surface area contributed by atoms with Gasteiger partial charge in [-0.05, 0) is 28.5 Å². The predicted molar refractivity (Wildman–Crippen MR) is 123 cm³/mol. The van der Waals surface area contributed by atoms with Crippen molar-refractivity contribution in [2.45, 2.75) is 19.0 Å². The van der Waals surface area contributed by atoms with Crippen molar-refractivity contribution in [2.24, 2.45) is 5.10 Å². The summed E-state index contributed by atoms with van der Waals surface area (Å²) in [6, 6.07) is 15.5. The topological polar surface area (TPSA) is 90.4 Å². The van der Waals surface area contributed by atoms with Crippen LogP contribution in [-0.2, 0) is 20.9 Å². The van der Waals surface area contributed by atoms with Crippen LogP contribution in [0.15, 0.2) is 70.5 Å². The molecule has 5 amide bonds. The van der Waals surface area contributed by atoms with Crippen molar-refractivity contribution in [1.82, 2.24) is 14.8 Å². The summed E-state index contributed by atoms with van der Waals surface area (Å²) in [6.07, 6.45) is 0.535. The van der Waals surface area contributed by atoms with Gasteiger partial charge in [0.15, 0.2) is 0 Å². The highest BCUT2D eigenvalue weighted by atomic mass is 32.1. The van der Waals surface area contributed by atoms with E-state index in [1.165, 1.54) is 27.7 Å². The van der Waals surface area contributed by atoms with Gasteiger partial charge in [0, 0.05) is 11.3 Å². The summed E-state index contributed by atoms with van der Waals surface area (Å²) in [5, 5.41) is 9.74. The monoisotopic (exact) mass is 478 g/mol. The molecule has 1 saturated heterocycles. The second kappa shape index (κ2) is 8.72. The number of amides is 5. The molecule has 0 aliphatic carbocycles. The summed E-state index contributed by atoms with van der Waals surface area (Å²) >= 11 is 3.05. The Morgan fingerprint density at radius 1 is 0.909 bits per heavy atom. The smallest absolute Gasteiger partial charge is 0.271 e. The Labute approximate surface area is 197 Å². The molecule has 5 rings (SSSR count). The molecule has 0 bridgehead atoms. The molecule has 0 saturated carbocycles. The van der Waals surface area contributed by atoms with Crippen LogP contribution >= 0.6 is 22.7 Å². The fourth-order valence-electron chi connectivity index (χ4n) is 3.84. The molecule has 0 unspecified atom stereocenters. The first-order valence-electron chi connectivity index (χ1n) is 10.2. The van der Waals surface area contributed by atoms with Gasteiger partial charge in [-0.15, -0.1) is 22.7 Å². The summed E-state index contributed by atoms with van der Waals surface area (Å²) in [4.78, 5) is 54.6. The number of rotatable bonds is 6. The van der Waals surface area contributed by atoms with Gasteiger partial charge in [-0.2, -0.15) is 5.10 Å². The zero-order chi connectivity index (χ0) is 22.9. The van der Waals surface area contributed by atoms with E-state index in [-0.39, 0.29) is 12.6 Å². The number of urea groups is 1. The lowest BCUT2D eigenvalue weighted by atomic mass is 10.1. The number of imide groups is 2. The minimum atomic E-state index is -1.00. The number of hydrazone groups is 1. The molecule has 1 atom stereocenters. The van der Waals surface area contributed by atoms with Crippen molar-refractivity contribution in [3.8, 4) is 0 Å². The van der Waals surface area contributed by atoms with Crippen LogP contribution in [0.1, 0.15) is 27.8 Å². The van der Waals surface area contributed by atoms with Gasteiger partial charge in [0.2, 0.25) is 0 Å². The molecule has 0 N–H and O–H groups in total. The van der Waals surface area contributed by atoms with Gasteiger partial charge in [0.1, 0.15) is 6.54 Å². The maximum atomic E-state index is 13.2. The summed E-state index contributed by atoms with van der Waals surface area (Å²) in [7, 11) is 0. The van der Waals surface area contributed by atoms with Crippen LogP contribution in [0.2, 0.25) is 0 Å². The fraction of sp³-hybridized carbons (Fsp3) is 0.174. The highest BCUT2D eigenvalue weighted by molar-refractivity contribution is 7.12. The zero-order valence-corrected chi connectivity index (χ0v) is 18.9. The van der Waals surface area contributed by atoms with Crippen molar-refractivity contribution >= 4 is 52.1 Å². The largest absolute Gasteiger partial charge is 0.335 e. The summed E-state index contributed by atoms with van der Waals surface area (Å²) in [5.41, 5.74) is 1.49. The number of hydrogen-bond acceptors (Lipinski definition) is 7. The molecule has 2 aliphatic rings. The molecule has 0 spiro atoms. The first-order chi connectivity index (χ1) is 16.0. The Bertz CT molecular complexity index is 1240. The minimum absolute atomic E-state index is 0.0306. The van der Waals surface area contributed by atoms with Gasteiger partial charge < -0.3 is 0 Å². The van der Waals surface area contributed by atoms with Crippen LogP contribution < -0.4 is 0 Å². The molecule has 1 aromatic carbocycles. The lowest BCUT2D eigenvalue weighted by Crippen LogP contribution is -2.41. The van der Waals surface area contributed by atoms with Gasteiger partial charge in [-0.25, -0.2) is 14.7 Å². The van der Waals surface area contributed by atoms with Crippen molar-refractivity contribution in [3.05, 3.63) is 80.7 Å². The van der Waals surface area contributed by atoms with Gasteiger partial charge >= 0.3 is 17.8 Å². The number of carbonyl (C=O) groups excluding carboxylic acids is 4. The molecule has 4 heterocycles. The number of benzene rings is 1. The average Bonchev–Trinajstić information content (AvgIpc) is 3.62. The number of hydrogen-bond donors (Lipinski definition) is 0.